The fraction of sp³-hybridized carbons (Fsp3) is 0.350. The zero-order chi connectivity index (χ0) is 20.6. The summed E-state index contributed by atoms with van der Waals surface area (Å²) in [5.41, 5.74) is 0.836. The van der Waals surface area contributed by atoms with E-state index in [2.05, 4.69) is 15.3 Å². The third kappa shape index (κ3) is 4.11. The molecule has 9 heteroatoms. The molecule has 0 radical (unpaired) electrons. The van der Waals surface area contributed by atoms with Crippen molar-refractivity contribution >= 4 is 43.1 Å². The molecule has 7 nitrogen and oxygen atoms in total. The molecule has 0 unspecified atom stereocenters. The van der Waals surface area contributed by atoms with E-state index in [1.54, 1.807) is 18.2 Å². The maximum Gasteiger partial charge on any atom is 0.222 e. The van der Waals surface area contributed by atoms with Crippen LogP contribution in [0.15, 0.2) is 41.6 Å². The molecule has 0 saturated carbocycles. The minimum Gasteiger partial charge on any atom is -0.365 e. The Morgan fingerprint density at radius 3 is 2.90 bits per heavy atom. The number of carbonyl (C=O) groups is 1. The Morgan fingerprint density at radius 2 is 2.14 bits per heavy atom. The first-order chi connectivity index (χ1) is 13.8. The molecule has 1 N–H and O–H groups in total. The summed E-state index contributed by atoms with van der Waals surface area (Å²) in [5, 5.41) is 4.36. The number of carbonyl (C=O) groups excluding carboxylic acids is 1. The second-order valence-corrected chi connectivity index (χ2v) is 10.2. The van der Waals surface area contributed by atoms with Crippen LogP contribution in [-0.4, -0.2) is 54.6 Å². The monoisotopic (exact) mass is 430 g/mol. The maximum absolute atomic E-state index is 11.9. The number of rotatable bonds is 5. The first kappa shape index (κ1) is 19.8. The number of amides is 1. The third-order valence-corrected chi connectivity index (χ3v) is 7.26. The lowest BCUT2D eigenvalue weighted by atomic mass is 10.2. The SMILES string of the molecule is CCC(=O)N1CC[C@H](Nc2ncnc3sc(-c4cccc(S(C)(=O)=O)c4)cc23)C1. The van der Waals surface area contributed by atoms with E-state index < -0.39 is 9.84 Å². The number of fused-ring (bicyclic) bond motifs is 1. The van der Waals surface area contributed by atoms with Gasteiger partial charge in [0.1, 0.15) is 17.0 Å². The number of likely N-dealkylation sites (tertiary alicyclic amines) is 1. The summed E-state index contributed by atoms with van der Waals surface area (Å²) in [7, 11) is -3.27. The molecular formula is C20H22N4O3S2. The van der Waals surface area contributed by atoms with Gasteiger partial charge in [-0.25, -0.2) is 18.4 Å². The predicted octanol–water partition coefficient (Wildman–Crippen LogP) is 3.18. The van der Waals surface area contributed by atoms with Crippen LogP contribution >= 0.6 is 11.3 Å². The van der Waals surface area contributed by atoms with Gasteiger partial charge < -0.3 is 10.2 Å². The number of thiophene rings is 1. The number of nitrogens with zero attached hydrogens (tertiary/aromatic N) is 3. The lowest BCUT2D eigenvalue weighted by molar-refractivity contribution is -0.129. The topological polar surface area (TPSA) is 92.3 Å². The average Bonchev–Trinajstić information content (AvgIpc) is 3.34. The molecule has 1 atom stereocenters. The van der Waals surface area contributed by atoms with E-state index in [1.807, 2.05) is 24.0 Å². The molecule has 4 rings (SSSR count). The Kier molecular flexibility index (Phi) is 5.26. The second kappa shape index (κ2) is 7.72. The Bertz CT molecular complexity index is 1170. The molecule has 1 aliphatic heterocycles. The van der Waals surface area contributed by atoms with Crippen LogP contribution in [0.3, 0.4) is 0 Å². The van der Waals surface area contributed by atoms with Crippen LogP contribution < -0.4 is 5.32 Å². The highest BCUT2D eigenvalue weighted by molar-refractivity contribution is 7.90. The minimum absolute atomic E-state index is 0.153. The van der Waals surface area contributed by atoms with Crippen LogP contribution in [0.1, 0.15) is 19.8 Å². The number of nitrogens with one attached hydrogen (secondary N) is 1. The zero-order valence-electron chi connectivity index (χ0n) is 16.3. The maximum atomic E-state index is 11.9. The number of anilines is 1. The summed E-state index contributed by atoms with van der Waals surface area (Å²) in [6.45, 7) is 3.31. The van der Waals surface area contributed by atoms with Crippen molar-refractivity contribution in [2.24, 2.45) is 0 Å². The molecule has 3 aromatic rings. The van der Waals surface area contributed by atoms with E-state index in [0.29, 0.717) is 17.9 Å². The van der Waals surface area contributed by atoms with E-state index in [0.717, 1.165) is 39.4 Å². The number of hydrogen-bond acceptors (Lipinski definition) is 7. The smallest absolute Gasteiger partial charge is 0.222 e. The standard InChI is InChI=1S/C20H22N4O3S2/c1-3-18(25)24-8-7-14(11-24)23-19-16-10-17(28-20(16)22-12-21-19)13-5-4-6-15(9-13)29(2,26)27/h4-6,9-10,12,14H,3,7-8,11H2,1-2H3,(H,21,22,23)/t14-/m0/s1. The molecule has 0 spiro atoms. The Labute approximate surface area is 173 Å². The van der Waals surface area contributed by atoms with E-state index >= 15 is 0 Å². The van der Waals surface area contributed by atoms with Crippen molar-refractivity contribution in [3.63, 3.8) is 0 Å². The molecule has 3 heterocycles. The highest BCUT2D eigenvalue weighted by atomic mass is 32.2. The van der Waals surface area contributed by atoms with Crippen LogP contribution in [0, 0.1) is 0 Å². The molecule has 0 aliphatic carbocycles. The zero-order valence-corrected chi connectivity index (χ0v) is 17.9. The quantitative estimate of drug-likeness (QED) is 0.668. The van der Waals surface area contributed by atoms with Crippen LogP contribution in [0.25, 0.3) is 20.7 Å². The molecule has 1 aromatic carbocycles. The lowest BCUT2D eigenvalue weighted by Crippen LogP contribution is -2.31. The van der Waals surface area contributed by atoms with Crippen LogP contribution in [0.5, 0.6) is 0 Å². The highest BCUT2D eigenvalue weighted by Crippen LogP contribution is 2.36. The van der Waals surface area contributed by atoms with E-state index in [-0.39, 0.29) is 11.9 Å². The predicted molar refractivity (Wildman–Crippen MR) is 115 cm³/mol. The number of hydrogen-bond donors (Lipinski definition) is 1. The molecule has 1 saturated heterocycles. The van der Waals surface area contributed by atoms with Gasteiger partial charge >= 0.3 is 0 Å². The van der Waals surface area contributed by atoms with Crippen molar-refractivity contribution in [3.05, 3.63) is 36.7 Å². The van der Waals surface area contributed by atoms with E-state index in [1.165, 1.54) is 23.9 Å². The van der Waals surface area contributed by atoms with Gasteiger partial charge in [0.25, 0.3) is 0 Å². The summed E-state index contributed by atoms with van der Waals surface area (Å²) in [5.74, 6) is 0.915. The minimum atomic E-state index is -3.27. The average molecular weight is 431 g/mol. The van der Waals surface area contributed by atoms with Crippen molar-refractivity contribution in [2.45, 2.75) is 30.7 Å². The Morgan fingerprint density at radius 1 is 1.31 bits per heavy atom. The number of benzene rings is 1. The van der Waals surface area contributed by atoms with Crippen molar-refractivity contribution in [1.82, 2.24) is 14.9 Å². The van der Waals surface area contributed by atoms with Crippen LogP contribution in [0.2, 0.25) is 0 Å². The summed E-state index contributed by atoms with van der Waals surface area (Å²) in [6, 6.07) is 9.08. The number of aromatic nitrogens is 2. The summed E-state index contributed by atoms with van der Waals surface area (Å²) in [6.07, 6.45) is 4.13. The van der Waals surface area contributed by atoms with Gasteiger partial charge in [0.15, 0.2) is 9.84 Å². The van der Waals surface area contributed by atoms with Crippen LogP contribution in [-0.2, 0) is 14.6 Å². The molecule has 1 amide bonds. The normalized spacial score (nSPS) is 17.0. The van der Waals surface area contributed by atoms with E-state index in [9.17, 15) is 13.2 Å². The number of sulfone groups is 1. The van der Waals surface area contributed by atoms with E-state index in [4.69, 9.17) is 0 Å². The summed E-state index contributed by atoms with van der Waals surface area (Å²) < 4.78 is 23.8. The van der Waals surface area contributed by atoms with Crippen molar-refractivity contribution in [2.75, 3.05) is 24.7 Å². The van der Waals surface area contributed by atoms with Crippen molar-refractivity contribution < 1.29 is 13.2 Å². The fourth-order valence-electron chi connectivity index (χ4n) is 3.51. The van der Waals surface area contributed by atoms with Crippen molar-refractivity contribution in [1.29, 1.82) is 0 Å². The molecule has 0 bridgehead atoms. The lowest BCUT2D eigenvalue weighted by Gasteiger charge is -2.16. The van der Waals surface area contributed by atoms with Gasteiger partial charge in [-0.05, 0) is 30.2 Å². The fourth-order valence-corrected chi connectivity index (χ4v) is 5.18. The second-order valence-electron chi connectivity index (χ2n) is 7.17. The molecule has 1 aliphatic rings. The largest absolute Gasteiger partial charge is 0.365 e. The van der Waals surface area contributed by atoms with Gasteiger partial charge in [-0.2, -0.15) is 0 Å². The van der Waals surface area contributed by atoms with Gasteiger partial charge in [-0.3, -0.25) is 4.79 Å². The van der Waals surface area contributed by atoms with Gasteiger partial charge in [0, 0.05) is 36.7 Å². The van der Waals surface area contributed by atoms with Crippen LogP contribution in [0.4, 0.5) is 5.82 Å². The summed E-state index contributed by atoms with van der Waals surface area (Å²) >= 11 is 1.50. The first-order valence-electron chi connectivity index (χ1n) is 9.44. The molecular weight excluding hydrogens is 408 g/mol. The molecule has 152 valence electrons. The Hall–Kier alpha value is -2.52. The first-order valence-corrected chi connectivity index (χ1v) is 12.2. The molecule has 29 heavy (non-hydrogen) atoms. The van der Waals surface area contributed by atoms with Gasteiger partial charge in [-0.15, -0.1) is 11.3 Å². The van der Waals surface area contributed by atoms with Gasteiger partial charge in [-0.1, -0.05) is 19.1 Å². The van der Waals surface area contributed by atoms with Gasteiger partial charge in [0.2, 0.25) is 5.91 Å². The molecule has 2 aromatic heterocycles. The Balaban J connectivity index is 1.62. The molecule has 1 fully saturated rings. The van der Waals surface area contributed by atoms with Crippen molar-refractivity contribution in [3.8, 4) is 10.4 Å². The van der Waals surface area contributed by atoms with Gasteiger partial charge in [0.05, 0.1) is 10.3 Å². The third-order valence-electron chi connectivity index (χ3n) is 5.06. The highest BCUT2D eigenvalue weighted by Gasteiger charge is 2.26. The summed E-state index contributed by atoms with van der Waals surface area (Å²) in [4.78, 5) is 24.6.